The highest BCUT2D eigenvalue weighted by molar-refractivity contribution is 7.25. The van der Waals surface area contributed by atoms with E-state index >= 15 is 0 Å². The minimum absolute atomic E-state index is 0.121. The van der Waals surface area contributed by atoms with Crippen molar-refractivity contribution in [2.24, 2.45) is 0 Å². The predicted molar refractivity (Wildman–Crippen MR) is 96.8 cm³/mol. The van der Waals surface area contributed by atoms with Gasteiger partial charge < -0.3 is 5.32 Å². The smallest absolute Gasteiger partial charge is 0.273 e. The topological polar surface area (TPSA) is 46.9 Å². The molecule has 0 aliphatic rings. The number of hydrogen-bond donors (Lipinski definition) is 1. The van der Waals surface area contributed by atoms with Crippen LogP contribution in [0.15, 0.2) is 53.6 Å². The van der Waals surface area contributed by atoms with Crippen LogP contribution >= 0.6 is 11.3 Å². The Kier molecular flexibility index (Phi) is 3.54. The van der Waals surface area contributed by atoms with Crippen molar-refractivity contribution >= 4 is 37.3 Å². The summed E-state index contributed by atoms with van der Waals surface area (Å²) in [4.78, 5) is 18.1. The van der Waals surface area contributed by atoms with Crippen molar-refractivity contribution in [2.75, 3.05) is 11.9 Å². The van der Waals surface area contributed by atoms with Crippen LogP contribution in [-0.4, -0.2) is 16.1 Å². The molecule has 0 bridgehead atoms. The van der Waals surface area contributed by atoms with Crippen LogP contribution in [0.3, 0.4) is 0 Å². The first-order chi connectivity index (χ1) is 11.7. The highest BCUT2D eigenvalue weighted by Gasteiger charge is 2.14. The molecule has 4 rings (SSSR count). The second kappa shape index (κ2) is 5.72. The fraction of sp³-hybridized carbons (Fsp3) is 0.111. The van der Waals surface area contributed by atoms with Gasteiger partial charge in [-0.2, -0.15) is 0 Å². The minimum atomic E-state index is -0.325. The lowest BCUT2D eigenvalue weighted by Crippen LogP contribution is -2.16. The van der Waals surface area contributed by atoms with Crippen LogP contribution < -0.4 is 10.9 Å². The van der Waals surface area contributed by atoms with Crippen molar-refractivity contribution in [2.45, 2.75) is 6.92 Å². The zero-order valence-corrected chi connectivity index (χ0v) is 13.7. The number of hydrogen-bond acceptors (Lipinski definition) is 4. The van der Waals surface area contributed by atoms with E-state index in [1.807, 2.05) is 19.1 Å². The maximum absolute atomic E-state index is 13.1. The normalized spacial score (nSPS) is 11.2. The van der Waals surface area contributed by atoms with E-state index in [1.165, 1.54) is 28.0 Å². The number of rotatable bonds is 3. The summed E-state index contributed by atoms with van der Waals surface area (Å²) in [6, 6.07) is 9.73. The summed E-state index contributed by atoms with van der Waals surface area (Å²) in [5, 5.41) is 5.18. The molecule has 1 N–H and O–H groups in total. The van der Waals surface area contributed by atoms with Gasteiger partial charge in [0.05, 0.1) is 0 Å². The van der Waals surface area contributed by atoms with Crippen LogP contribution in [0.1, 0.15) is 6.92 Å². The maximum Gasteiger partial charge on any atom is 0.273 e. The molecule has 0 aliphatic carbocycles. The van der Waals surface area contributed by atoms with Gasteiger partial charge in [-0.15, -0.1) is 11.3 Å². The number of aromatic nitrogens is 2. The van der Waals surface area contributed by atoms with E-state index in [2.05, 4.69) is 10.3 Å². The van der Waals surface area contributed by atoms with Crippen molar-refractivity contribution in [3.05, 3.63) is 65.0 Å². The molecule has 0 unspecified atom stereocenters. The summed E-state index contributed by atoms with van der Waals surface area (Å²) in [6.45, 7) is 2.82. The maximum atomic E-state index is 13.1. The van der Waals surface area contributed by atoms with E-state index in [-0.39, 0.29) is 11.4 Å². The number of fused-ring (bicyclic) bond motifs is 3. The Bertz CT molecular complexity index is 1100. The average Bonchev–Trinajstić information content (AvgIpc) is 2.97. The monoisotopic (exact) mass is 339 g/mol. The van der Waals surface area contributed by atoms with E-state index in [4.69, 9.17) is 0 Å². The van der Waals surface area contributed by atoms with Gasteiger partial charge >= 0.3 is 0 Å². The quantitative estimate of drug-likeness (QED) is 0.609. The molecular formula is C18H14FN3OS. The number of pyridine rings is 2. The summed E-state index contributed by atoms with van der Waals surface area (Å²) >= 11 is 1.38. The van der Waals surface area contributed by atoms with Crippen molar-refractivity contribution in [1.29, 1.82) is 0 Å². The number of halogens is 1. The highest BCUT2D eigenvalue weighted by atomic mass is 32.1. The van der Waals surface area contributed by atoms with Crippen LogP contribution in [0, 0.1) is 5.82 Å². The van der Waals surface area contributed by atoms with Crippen molar-refractivity contribution in [3.8, 4) is 5.69 Å². The third kappa shape index (κ3) is 2.27. The Morgan fingerprint density at radius 3 is 2.75 bits per heavy atom. The van der Waals surface area contributed by atoms with Gasteiger partial charge in [0.2, 0.25) is 0 Å². The Labute approximate surface area is 141 Å². The van der Waals surface area contributed by atoms with Crippen molar-refractivity contribution < 1.29 is 4.39 Å². The Balaban J connectivity index is 2.00. The summed E-state index contributed by atoms with van der Waals surface area (Å²) in [5.74, 6) is -0.325. The molecule has 1 aromatic carbocycles. The number of nitrogens with one attached hydrogen (secondary N) is 1. The molecular weight excluding hydrogens is 325 g/mol. The summed E-state index contributed by atoms with van der Waals surface area (Å²) in [7, 11) is 0. The number of benzene rings is 1. The Morgan fingerprint density at radius 2 is 2.00 bits per heavy atom. The minimum Gasteiger partial charge on any atom is -0.385 e. The van der Waals surface area contributed by atoms with Gasteiger partial charge in [-0.3, -0.25) is 9.36 Å². The first-order valence-corrected chi connectivity index (χ1v) is 8.43. The van der Waals surface area contributed by atoms with Gasteiger partial charge in [-0.05, 0) is 43.3 Å². The molecule has 0 saturated carbocycles. The lowest BCUT2D eigenvalue weighted by molar-refractivity contribution is 0.627. The molecule has 4 aromatic rings. The molecule has 24 heavy (non-hydrogen) atoms. The zero-order chi connectivity index (χ0) is 16.7. The van der Waals surface area contributed by atoms with Crippen LogP contribution in [0.5, 0.6) is 0 Å². The van der Waals surface area contributed by atoms with Gasteiger partial charge in [0.25, 0.3) is 5.56 Å². The van der Waals surface area contributed by atoms with Crippen LogP contribution in [-0.2, 0) is 0 Å². The molecule has 4 nitrogen and oxygen atoms in total. The number of thiophene rings is 1. The van der Waals surface area contributed by atoms with E-state index in [9.17, 15) is 9.18 Å². The molecule has 0 amide bonds. The van der Waals surface area contributed by atoms with Crippen molar-refractivity contribution in [1.82, 2.24) is 9.55 Å². The second-order valence-electron chi connectivity index (χ2n) is 5.38. The number of anilines is 1. The zero-order valence-electron chi connectivity index (χ0n) is 12.9. The Morgan fingerprint density at radius 1 is 1.21 bits per heavy atom. The third-order valence-corrected chi connectivity index (χ3v) is 5.01. The summed E-state index contributed by atoms with van der Waals surface area (Å²) < 4.78 is 15.3. The summed E-state index contributed by atoms with van der Waals surface area (Å²) in [6.07, 6.45) is 3.47. The Hall–Kier alpha value is -2.73. The molecule has 0 aliphatic heterocycles. The largest absolute Gasteiger partial charge is 0.385 e. The van der Waals surface area contributed by atoms with E-state index in [0.29, 0.717) is 10.4 Å². The third-order valence-electron chi connectivity index (χ3n) is 3.90. The molecule has 3 aromatic heterocycles. The van der Waals surface area contributed by atoms with Crippen LogP contribution in [0.4, 0.5) is 10.1 Å². The average molecular weight is 339 g/mol. The molecule has 0 fully saturated rings. The molecule has 3 heterocycles. The van der Waals surface area contributed by atoms with Gasteiger partial charge in [0, 0.05) is 41.1 Å². The molecule has 0 atom stereocenters. The molecule has 0 spiro atoms. The first-order valence-electron chi connectivity index (χ1n) is 7.61. The lowest BCUT2D eigenvalue weighted by atomic mass is 10.2. The number of nitrogens with zero attached hydrogens (tertiary/aromatic N) is 2. The fourth-order valence-corrected chi connectivity index (χ4v) is 3.93. The van der Waals surface area contributed by atoms with E-state index in [0.717, 1.165) is 27.8 Å². The van der Waals surface area contributed by atoms with Crippen molar-refractivity contribution in [3.63, 3.8) is 0 Å². The first kappa shape index (κ1) is 14.8. The van der Waals surface area contributed by atoms with E-state index < -0.39 is 0 Å². The predicted octanol–water partition coefficient (Wildman–Crippen LogP) is 4.17. The van der Waals surface area contributed by atoms with Crippen LogP contribution in [0.25, 0.3) is 26.0 Å². The van der Waals surface area contributed by atoms with Gasteiger partial charge in [0.1, 0.15) is 15.3 Å². The van der Waals surface area contributed by atoms with Crippen LogP contribution in [0.2, 0.25) is 0 Å². The SMILES string of the molecule is CCNc1ccnc2sc3c(=O)n(-c4ccc(F)cc4)ccc3c12. The standard InChI is InChI=1S/C18H14FN3OS/c1-2-20-14-7-9-21-17-15(14)13-8-10-22(18(23)16(13)24-17)12-5-3-11(19)4-6-12/h3-10H,2H2,1H3,(H,20,21). The lowest BCUT2D eigenvalue weighted by Gasteiger charge is -2.07. The highest BCUT2D eigenvalue weighted by Crippen LogP contribution is 2.35. The molecule has 0 radical (unpaired) electrons. The summed E-state index contributed by atoms with van der Waals surface area (Å²) in [5.41, 5.74) is 1.50. The fourth-order valence-electron chi connectivity index (χ4n) is 2.83. The van der Waals surface area contributed by atoms with Gasteiger partial charge in [-0.25, -0.2) is 9.37 Å². The molecule has 120 valence electrons. The second-order valence-corrected chi connectivity index (χ2v) is 6.38. The van der Waals surface area contributed by atoms with Gasteiger partial charge in [-0.1, -0.05) is 0 Å². The molecule has 0 saturated heterocycles. The van der Waals surface area contributed by atoms with Gasteiger partial charge in [0.15, 0.2) is 0 Å². The van der Waals surface area contributed by atoms with E-state index in [1.54, 1.807) is 24.5 Å². The molecule has 6 heteroatoms.